The van der Waals surface area contributed by atoms with E-state index in [1.165, 1.54) is 11.3 Å². The monoisotopic (exact) mass is 307 g/mol. The number of carbonyl (C=O) groups excluding carboxylic acids is 1. The van der Waals surface area contributed by atoms with Crippen molar-refractivity contribution in [1.82, 2.24) is 4.98 Å². The van der Waals surface area contributed by atoms with Gasteiger partial charge in [0.25, 0.3) is 0 Å². The maximum Gasteiger partial charge on any atom is 0.227 e. The molecule has 1 saturated heterocycles. The Balaban J connectivity index is 1.62. The molecule has 104 valence electrons. The minimum absolute atomic E-state index is 0.211. The number of anilines is 2. The second kappa shape index (κ2) is 5.81. The average Bonchev–Trinajstić information content (AvgIpc) is 3.06. The molecule has 1 N–H and O–H groups in total. The summed E-state index contributed by atoms with van der Waals surface area (Å²) in [6.45, 7) is 1.47. The minimum Gasteiger partial charge on any atom is -0.379 e. The Bertz CT molecular complexity index is 611. The number of thiazole rings is 1. The largest absolute Gasteiger partial charge is 0.379 e. The van der Waals surface area contributed by atoms with Crippen molar-refractivity contribution in [1.29, 1.82) is 0 Å². The van der Waals surface area contributed by atoms with Crippen LogP contribution in [0, 0.1) is 0 Å². The van der Waals surface area contributed by atoms with E-state index in [9.17, 15) is 4.79 Å². The first-order valence-corrected chi connectivity index (χ1v) is 7.66. The molecule has 1 aliphatic rings. The van der Waals surface area contributed by atoms with Gasteiger partial charge < -0.3 is 10.2 Å². The van der Waals surface area contributed by atoms with Gasteiger partial charge in [-0.05, 0) is 30.7 Å². The third-order valence-electron chi connectivity index (χ3n) is 3.22. The van der Waals surface area contributed by atoms with Crippen molar-refractivity contribution in [2.75, 3.05) is 16.8 Å². The summed E-state index contributed by atoms with van der Waals surface area (Å²) >= 11 is 7.31. The molecule has 0 saturated carbocycles. The van der Waals surface area contributed by atoms with Crippen molar-refractivity contribution in [3.63, 3.8) is 0 Å². The molecule has 6 heteroatoms. The summed E-state index contributed by atoms with van der Waals surface area (Å²) in [6.07, 6.45) is 3.26. The van der Waals surface area contributed by atoms with Gasteiger partial charge in [-0.2, -0.15) is 0 Å². The van der Waals surface area contributed by atoms with Crippen LogP contribution >= 0.6 is 22.9 Å². The van der Waals surface area contributed by atoms with Crippen LogP contribution in [0.5, 0.6) is 0 Å². The van der Waals surface area contributed by atoms with E-state index in [2.05, 4.69) is 10.3 Å². The third-order valence-corrected chi connectivity index (χ3v) is 4.34. The molecule has 0 aliphatic carbocycles. The van der Waals surface area contributed by atoms with Gasteiger partial charge in [0.1, 0.15) is 9.34 Å². The molecule has 20 heavy (non-hydrogen) atoms. The molecule has 0 unspecified atom stereocenters. The molecule has 1 aromatic carbocycles. The number of benzene rings is 1. The number of nitrogens with zero attached hydrogens (tertiary/aromatic N) is 2. The van der Waals surface area contributed by atoms with E-state index in [1.54, 1.807) is 6.20 Å². The van der Waals surface area contributed by atoms with E-state index in [0.29, 0.717) is 17.3 Å². The van der Waals surface area contributed by atoms with Gasteiger partial charge in [0.05, 0.1) is 12.7 Å². The normalized spacial score (nSPS) is 14.8. The lowest BCUT2D eigenvalue weighted by Gasteiger charge is -2.16. The van der Waals surface area contributed by atoms with E-state index in [-0.39, 0.29) is 5.91 Å². The summed E-state index contributed by atoms with van der Waals surface area (Å²) in [5, 5.41) is 4.24. The lowest BCUT2D eigenvalue weighted by molar-refractivity contribution is -0.117. The number of aromatic nitrogens is 1. The van der Waals surface area contributed by atoms with E-state index >= 15 is 0 Å². The number of hydrogen-bond acceptors (Lipinski definition) is 4. The Morgan fingerprint density at radius 1 is 1.35 bits per heavy atom. The fourth-order valence-corrected chi connectivity index (χ4v) is 3.12. The van der Waals surface area contributed by atoms with E-state index < -0.39 is 0 Å². The minimum atomic E-state index is 0.211. The summed E-state index contributed by atoms with van der Waals surface area (Å²) < 4.78 is 0.699. The number of hydrogen-bond donors (Lipinski definition) is 1. The average molecular weight is 308 g/mol. The van der Waals surface area contributed by atoms with Crippen LogP contribution in [0.25, 0.3) is 0 Å². The van der Waals surface area contributed by atoms with Crippen molar-refractivity contribution >= 4 is 40.2 Å². The first-order valence-electron chi connectivity index (χ1n) is 6.47. The SMILES string of the molecule is O=C1CCCN1c1ccc(NCc2ncc(Cl)s2)cc1. The summed E-state index contributed by atoms with van der Waals surface area (Å²) in [6, 6.07) is 7.91. The Morgan fingerprint density at radius 2 is 2.15 bits per heavy atom. The molecule has 3 rings (SSSR count). The van der Waals surface area contributed by atoms with Crippen LogP contribution in [0.2, 0.25) is 4.34 Å². The van der Waals surface area contributed by atoms with Gasteiger partial charge in [-0.3, -0.25) is 4.79 Å². The highest BCUT2D eigenvalue weighted by molar-refractivity contribution is 7.15. The molecule has 0 radical (unpaired) electrons. The van der Waals surface area contributed by atoms with Gasteiger partial charge in [0.2, 0.25) is 5.91 Å². The Kier molecular flexibility index (Phi) is 3.89. The molecule has 1 aromatic heterocycles. The van der Waals surface area contributed by atoms with Gasteiger partial charge in [-0.1, -0.05) is 11.6 Å². The first-order chi connectivity index (χ1) is 9.72. The first kappa shape index (κ1) is 13.4. The van der Waals surface area contributed by atoms with Crippen molar-refractivity contribution in [3.05, 3.63) is 39.8 Å². The summed E-state index contributed by atoms with van der Waals surface area (Å²) in [4.78, 5) is 17.7. The number of halogens is 1. The van der Waals surface area contributed by atoms with Gasteiger partial charge >= 0.3 is 0 Å². The zero-order valence-electron chi connectivity index (χ0n) is 10.8. The maximum atomic E-state index is 11.7. The molecule has 0 spiro atoms. The molecular formula is C14H14ClN3OS. The highest BCUT2D eigenvalue weighted by atomic mass is 35.5. The second-order valence-corrected chi connectivity index (χ2v) is 6.35. The standard InChI is InChI=1S/C14H14ClN3OS/c15-12-8-17-13(20-12)9-16-10-3-5-11(6-4-10)18-7-1-2-14(18)19/h3-6,8,16H,1-2,7,9H2. The van der Waals surface area contributed by atoms with Crippen LogP contribution in [-0.4, -0.2) is 17.4 Å². The smallest absolute Gasteiger partial charge is 0.227 e. The predicted molar refractivity (Wildman–Crippen MR) is 82.5 cm³/mol. The molecular weight excluding hydrogens is 294 g/mol. The molecule has 2 heterocycles. The van der Waals surface area contributed by atoms with E-state index in [1.807, 2.05) is 29.2 Å². The van der Waals surface area contributed by atoms with Gasteiger partial charge in [0.15, 0.2) is 0 Å². The highest BCUT2D eigenvalue weighted by Gasteiger charge is 2.21. The molecule has 4 nitrogen and oxygen atoms in total. The molecule has 0 atom stereocenters. The van der Waals surface area contributed by atoms with Gasteiger partial charge in [0, 0.05) is 24.3 Å². The Hall–Kier alpha value is -1.59. The summed E-state index contributed by atoms with van der Waals surface area (Å²) in [5.74, 6) is 0.211. The Labute approximate surface area is 126 Å². The van der Waals surface area contributed by atoms with Crippen LogP contribution in [0.4, 0.5) is 11.4 Å². The van der Waals surface area contributed by atoms with Crippen LogP contribution < -0.4 is 10.2 Å². The van der Waals surface area contributed by atoms with Gasteiger partial charge in [-0.15, -0.1) is 11.3 Å². The fourth-order valence-electron chi connectivity index (χ4n) is 2.23. The van der Waals surface area contributed by atoms with Gasteiger partial charge in [-0.25, -0.2) is 4.98 Å². The topological polar surface area (TPSA) is 45.2 Å². The fraction of sp³-hybridized carbons (Fsp3) is 0.286. The summed E-state index contributed by atoms with van der Waals surface area (Å²) in [5.41, 5.74) is 1.97. The quantitative estimate of drug-likeness (QED) is 0.939. The maximum absolute atomic E-state index is 11.7. The third kappa shape index (κ3) is 2.94. The lowest BCUT2D eigenvalue weighted by Crippen LogP contribution is -2.23. The zero-order valence-corrected chi connectivity index (χ0v) is 12.4. The zero-order chi connectivity index (χ0) is 13.9. The molecule has 2 aromatic rings. The number of nitrogens with one attached hydrogen (secondary N) is 1. The van der Waals surface area contributed by atoms with Crippen LogP contribution in [0.15, 0.2) is 30.5 Å². The van der Waals surface area contributed by atoms with E-state index in [4.69, 9.17) is 11.6 Å². The lowest BCUT2D eigenvalue weighted by atomic mass is 10.2. The van der Waals surface area contributed by atoms with Crippen molar-refractivity contribution in [2.24, 2.45) is 0 Å². The van der Waals surface area contributed by atoms with Crippen molar-refractivity contribution < 1.29 is 4.79 Å². The van der Waals surface area contributed by atoms with Crippen LogP contribution in [0.1, 0.15) is 17.8 Å². The highest BCUT2D eigenvalue weighted by Crippen LogP contribution is 2.24. The molecule has 1 fully saturated rings. The summed E-state index contributed by atoms with van der Waals surface area (Å²) in [7, 11) is 0. The van der Waals surface area contributed by atoms with E-state index in [0.717, 1.165) is 29.3 Å². The van der Waals surface area contributed by atoms with Crippen molar-refractivity contribution in [2.45, 2.75) is 19.4 Å². The number of carbonyl (C=O) groups is 1. The molecule has 1 aliphatic heterocycles. The molecule has 1 amide bonds. The van der Waals surface area contributed by atoms with Crippen LogP contribution in [0.3, 0.4) is 0 Å². The van der Waals surface area contributed by atoms with Crippen molar-refractivity contribution in [3.8, 4) is 0 Å². The number of amides is 1. The Morgan fingerprint density at radius 3 is 2.75 bits per heavy atom. The number of rotatable bonds is 4. The molecule has 0 bridgehead atoms. The van der Waals surface area contributed by atoms with Crippen LogP contribution in [-0.2, 0) is 11.3 Å². The predicted octanol–water partition coefficient (Wildman–Crippen LogP) is 3.54. The second-order valence-electron chi connectivity index (χ2n) is 4.61.